The Hall–Kier alpha value is -5.80. The second-order valence-electron chi connectivity index (χ2n) is 17.8. The summed E-state index contributed by atoms with van der Waals surface area (Å²) in [5.74, 6) is -5.32. The number of hydrogen-bond acceptors (Lipinski definition) is 27. The minimum atomic E-state index is -2.25. The molecule has 5 heterocycles. The third-order valence-electron chi connectivity index (χ3n) is 12.7. The lowest BCUT2D eigenvalue weighted by molar-refractivity contribution is -0.366. The van der Waals surface area contributed by atoms with Crippen molar-refractivity contribution in [3.63, 3.8) is 0 Å². The highest BCUT2D eigenvalue weighted by molar-refractivity contribution is 5.88. The van der Waals surface area contributed by atoms with Crippen LogP contribution in [0.1, 0.15) is 12.5 Å². The quantitative estimate of drug-likeness (QED) is 0.0332. The Labute approximate surface area is 416 Å². The number of rotatable bonds is 14. The Morgan fingerprint density at radius 2 is 1.32 bits per heavy atom. The van der Waals surface area contributed by atoms with Crippen LogP contribution in [0.2, 0.25) is 0 Å². The van der Waals surface area contributed by atoms with Gasteiger partial charge in [0, 0.05) is 23.8 Å². The van der Waals surface area contributed by atoms with Crippen molar-refractivity contribution in [3.8, 4) is 45.8 Å². The highest BCUT2D eigenvalue weighted by atomic mass is 16.8. The number of phenolic OH excluding ortho intramolecular Hbond substituents is 5. The maximum absolute atomic E-state index is 14.4. The largest absolute Gasteiger partial charge is 0.508 e. The van der Waals surface area contributed by atoms with Crippen molar-refractivity contribution in [1.29, 1.82) is 0 Å². The van der Waals surface area contributed by atoms with Gasteiger partial charge in [0.05, 0.1) is 25.9 Å². The molecule has 0 radical (unpaired) electrons. The molecule has 404 valence electrons. The van der Waals surface area contributed by atoms with Crippen molar-refractivity contribution < 1.29 is 128 Å². The first-order valence-corrected chi connectivity index (χ1v) is 22.8. The Kier molecular flexibility index (Phi) is 16.6. The van der Waals surface area contributed by atoms with Crippen LogP contribution in [0.5, 0.6) is 34.5 Å². The van der Waals surface area contributed by atoms with Crippen molar-refractivity contribution in [2.75, 3.05) is 19.8 Å². The molecule has 0 spiro atoms. The molecule has 4 saturated heterocycles. The van der Waals surface area contributed by atoms with Crippen molar-refractivity contribution >= 4 is 23.0 Å². The van der Waals surface area contributed by atoms with Gasteiger partial charge in [-0.25, -0.2) is 4.79 Å². The first-order valence-electron chi connectivity index (χ1n) is 22.8. The van der Waals surface area contributed by atoms with Crippen molar-refractivity contribution in [2.45, 2.75) is 124 Å². The van der Waals surface area contributed by atoms with Gasteiger partial charge in [0.1, 0.15) is 101 Å². The van der Waals surface area contributed by atoms with Crippen LogP contribution >= 0.6 is 0 Å². The summed E-state index contributed by atoms with van der Waals surface area (Å²) in [6, 6.07) is 10.5. The van der Waals surface area contributed by atoms with E-state index in [1.54, 1.807) is 0 Å². The zero-order valence-electron chi connectivity index (χ0n) is 38.5. The molecule has 4 fully saturated rings. The van der Waals surface area contributed by atoms with Gasteiger partial charge in [-0.05, 0) is 48.9 Å². The monoisotopic (exact) mass is 1050 g/mol. The lowest BCUT2D eigenvalue weighted by Crippen LogP contribution is -2.66. The molecule has 1 aromatic heterocycles. The molecule has 0 unspecified atom stereocenters. The lowest BCUT2D eigenvalue weighted by atomic mass is 9.97. The van der Waals surface area contributed by atoms with Crippen LogP contribution in [0.15, 0.2) is 69.9 Å². The number of ether oxygens (including phenoxy) is 9. The molecule has 0 saturated carbocycles. The number of fused-ring (bicyclic) bond motifs is 1. The molecule has 4 aliphatic rings. The second-order valence-corrected chi connectivity index (χ2v) is 17.8. The maximum Gasteiger partial charge on any atom is 0.331 e. The van der Waals surface area contributed by atoms with Crippen LogP contribution in [0.4, 0.5) is 0 Å². The number of carbonyl (C=O) groups is 1. The first kappa shape index (κ1) is 54.5. The molecular formula is C47H54O27. The molecule has 4 aliphatic heterocycles. The molecule has 0 bridgehead atoms. The zero-order valence-corrected chi connectivity index (χ0v) is 38.5. The molecule has 8 rings (SSSR count). The predicted molar refractivity (Wildman–Crippen MR) is 240 cm³/mol. The molecule has 27 heteroatoms. The first-order chi connectivity index (χ1) is 35.1. The van der Waals surface area contributed by atoms with Crippen LogP contribution in [0.3, 0.4) is 0 Å². The summed E-state index contributed by atoms with van der Waals surface area (Å²) in [5.41, 5.74) is -1.37. The summed E-state index contributed by atoms with van der Waals surface area (Å²) in [6.07, 6.45) is -33.3. The van der Waals surface area contributed by atoms with Gasteiger partial charge in [-0.2, -0.15) is 0 Å². The van der Waals surface area contributed by atoms with Crippen LogP contribution < -0.4 is 10.2 Å². The van der Waals surface area contributed by atoms with Gasteiger partial charge in [0.2, 0.25) is 17.5 Å². The predicted octanol–water partition coefficient (Wildman–Crippen LogP) is -3.43. The number of benzene rings is 3. The van der Waals surface area contributed by atoms with E-state index in [0.717, 1.165) is 36.4 Å². The van der Waals surface area contributed by atoms with Gasteiger partial charge in [-0.15, -0.1) is 0 Å². The van der Waals surface area contributed by atoms with Gasteiger partial charge < -0.3 is 124 Å². The van der Waals surface area contributed by atoms with E-state index in [-0.39, 0.29) is 11.3 Å². The van der Waals surface area contributed by atoms with Gasteiger partial charge in [0.15, 0.2) is 48.3 Å². The molecule has 3 aromatic carbocycles. The van der Waals surface area contributed by atoms with Crippen molar-refractivity contribution in [1.82, 2.24) is 0 Å². The molecule has 74 heavy (non-hydrogen) atoms. The van der Waals surface area contributed by atoms with E-state index in [4.69, 9.17) is 47.0 Å². The normalized spacial score (nSPS) is 35.7. The summed E-state index contributed by atoms with van der Waals surface area (Å²) in [4.78, 5) is 27.9. The highest BCUT2D eigenvalue weighted by Crippen LogP contribution is 2.41. The molecule has 0 aliphatic carbocycles. The maximum atomic E-state index is 14.4. The molecule has 0 amide bonds. The van der Waals surface area contributed by atoms with Crippen molar-refractivity contribution in [2.24, 2.45) is 0 Å². The number of aromatic hydroxyl groups is 5. The average molecular weight is 1050 g/mol. The zero-order chi connectivity index (χ0) is 53.4. The Bertz CT molecular complexity index is 2680. The van der Waals surface area contributed by atoms with Crippen molar-refractivity contribution in [3.05, 3.63) is 76.5 Å². The smallest absolute Gasteiger partial charge is 0.331 e. The minimum Gasteiger partial charge on any atom is -0.508 e. The number of esters is 1. The Morgan fingerprint density at radius 3 is 2.03 bits per heavy atom. The number of carbonyl (C=O) groups excluding carboxylic acids is 1. The van der Waals surface area contributed by atoms with Crippen LogP contribution in [-0.2, 0) is 42.7 Å². The Balaban J connectivity index is 1.14. The van der Waals surface area contributed by atoms with Gasteiger partial charge in [-0.1, -0.05) is 12.1 Å². The molecular weight excluding hydrogens is 996 g/mol. The third-order valence-corrected chi connectivity index (χ3v) is 12.7. The summed E-state index contributed by atoms with van der Waals surface area (Å²) < 4.78 is 58.5. The van der Waals surface area contributed by atoms with Crippen LogP contribution in [-0.4, -0.2) is 219 Å². The topological polar surface area (TPSA) is 434 Å². The summed E-state index contributed by atoms with van der Waals surface area (Å²) >= 11 is 0. The highest BCUT2D eigenvalue weighted by Gasteiger charge is 2.54. The summed E-state index contributed by atoms with van der Waals surface area (Å²) in [5, 5.41) is 159. The lowest BCUT2D eigenvalue weighted by Gasteiger charge is -2.47. The summed E-state index contributed by atoms with van der Waals surface area (Å²) in [7, 11) is 0. The standard InChI is InChI=1S/C47H54O27/c1-16-30(56)40(72-44-37(63)31(57)24(54)14-65-44)43(71-28(55)9-4-17-2-6-19(49)7-3-17)46(67-16)66-15-27-33(59)36(62)42(74-45-38(64)35(61)32(58)26(13-48)69-45)47(70-27)73-41-34(60)29-23(53)11-20(50)12-25(29)68-39(41)18-5-8-21(51)22(52)10-18/h2-12,16,24,26-27,30-33,35-38,40,42-54,56-59,61-64H,13-15H2,1H3/b9-4+/t16-,24-,26+,27+,30-,31+,32+,33+,35-,36-,37-,38+,40+,42+,43+,44+,45-,46+,47-/m0/s1. The summed E-state index contributed by atoms with van der Waals surface area (Å²) in [6.45, 7) is -1.02. The number of hydrogen-bond donors (Lipinski definition) is 15. The van der Waals surface area contributed by atoms with E-state index >= 15 is 0 Å². The molecule has 27 nitrogen and oxygen atoms in total. The van der Waals surface area contributed by atoms with Gasteiger partial charge in [0.25, 0.3) is 0 Å². The fourth-order valence-electron chi connectivity index (χ4n) is 8.53. The van der Waals surface area contributed by atoms with E-state index in [2.05, 4.69) is 0 Å². The van der Waals surface area contributed by atoms with E-state index in [9.17, 15) is 86.2 Å². The fourth-order valence-corrected chi connectivity index (χ4v) is 8.53. The SMILES string of the molecule is C[C@@H]1O[C@@H](OC[C@H]2O[C@@H](Oc3c(-c4ccc(O)c(O)c4)oc4cc(O)cc(O)c4c3=O)[C@H](O[C@@H]3O[C@H](CO)[C@@H](O)[C@H](O)[C@H]3O)[C@@H](O)[C@@H]2O)[C@H](OC(=O)/C=C/c2ccc(O)cc2)[C@H](O[C@H]2OC[C@H](O)[C@@H](O)[C@@H]2O)[C@H]1O. The van der Waals surface area contributed by atoms with Gasteiger partial charge in [-0.3, -0.25) is 4.79 Å². The van der Waals surface area contributed by atoms with Crippen LogP contribution in [0, 0.1) is 0 Å². The third kappa shape index (κ3) is 11.2. The molecule has 15 N–H and O–H groups in total. The minimum absolute atomic E-state index is 0.0623. The van der Waals surface area contributed by atoms with Gasteiger partial charge >= 0.3 is 5.97 Å². The van der Waals surface area contributed by atoms with E-state index in [1.165, 1.54) is 37.3 Å². The van der Waals surface area contributed by atoms with E-state index in [1.807, 2.05) is 0 Å². The number of aliphatic hydroxyl groups is 10. The molecule has 19 atom stereocenters. The van der Waals surface area contributed by atoms with E-state index in [0.29, 0.717) is 5.56 Å². The fraction of sp³-hybridized carbons (Fsp3) is 0.489. The average Bonchev–Trinajstić information content (AvgIpc) is 3.36. The van der Waals surface area contributed by atoms with Crippen LogP contribution in [0.25, 0.3) is 28.4 Å². The number of phenols is 5. The number of aliphatic hydroxyl groups excluding tert-OH is 10. The van der Waals surface area contributed by atoms with E-state index < -0.39 is 193 Å². The Morgan fingerprint density at radius 1 is 0.649 bits per heavy atom. The molecule has 4 aromatic rings. The second kappa shape index (κ2) is 22.6.